The van der Waals surface area contributed by atoms with E-state index in [0.29, 0.717) is 19.3 Å². The summed E-state index contributed by atoms with van der Waals surface area (Å²) in [5.74, 6) is 2.63. The van der Waals surface area contributed by atoms with Crippen LogP contribution in [-0.2, 0) is 17.8 Å². The number of hydrogen-bond acceptors (Lipinski definition) is 3. The molecule has 0 heterocycles. The Morgan fingerprint density at radius 1 is 0.667 bits per heavy atom. The largest absolute Gasteiger partial charge is 0.494 e. The van der Waals surface area contributed by atoms with Gasteiger partial charge in [0.05, 0.1) is 19.3 Å². The van der Waals surface area contributed by atoms with Gasteiger partial charge in [0, 0.05) is 6.42 Å². The molecule has 1 fully saturated rings. The van der Waals surface area contributed by atoms with E-state index < -0.39 is 0 Å². The molecule has 182 valence electrons. The summed E-state index contributed by atoms with van der Waals surface area (Å²) in [6, 6.07) is 16.8. The molecule has 0 radical (unpaired) electrons. The van der Waals surface area contributed by atoms with Crippen molar-refractivity contribution in [1.29, 1.82) is 0 Å². The zero-order chi connectivity index (χ0) is 23.1. The van der Waals surface area contributed by atoms with E-state index in [4.69, 9.17) is 14.2 Å². The molecule has 3 nitrogen and oxygen atoms in total. The minimum Gasteiger partial charge on any atom is -0.494 e. The van der Waals surface area contributed by atoms with E-state index >= 15 is 0 Å². The minimum atomic E-state index is 0.462. The van der Waals surface area contributed by atoms with Gasteiger partial charge in [-0.2, -0.15) is 0 Å². The van der Waals surface area contributed by atoms with Crippen molar-refractivity contribution < 1.29 is 14.2 Å². The molecule has 0 aliphatic heterocycles. The fourth-order valence-electron chi connectivity index (χ4n) is 4.43. The van der Waals surface area contributed by atoms with E-state index in [0.717, 1.165) is 30.4 Å². The van der Waals surface area contributed by atoms with Crippen molar-refractivity contribution in [3.05, 3.63) is 59.7 Å². The van der Waals surface area contributed by atoms with Crippen molar-refractivity contribution in [2.45, 2.75) is 97.2 Å². The quantitative estimate of drug-likeness (QED) is 0.255. The lowest BCUT2D eigenvalue weighted by Gasteiger charge is -2.26. The fraction of sp³-hybridized carbons (Fsp3) is 0.600. The Hall–Kier alpha value is -2.00. The summed E-state index contributed by atoms with van der Waals surface area (Å²) in [6.07, 6.45) is 14.3. The first kappa shape index (κ1) is 25.6. The first-order valence-electron chi connectivity index (χ1n) is 13.3. The predicted octanol–water partition coefficient (Wildman–Crippen LogP) is 8.14. The van der Waals surface area contributed by atoms with Crippen LogP contribution in [0.1, 0.15) is 89.2 Å². The zero-order valence-corrected chi connectivity index (χ0v) is 20.9. The predicted molar refractivity (Wildman–Crippen MR) is 137 cm³/mol. The highest BCUT2D eigenvalue weighted by atomic mass is 16.5. The highest BCUT2D eigenvalue weighted by Gasteiger charge is 2.18. The van der Waals surface area contributed by atoms with Gasteiger partial charge in [-0.25, -0.2) is 0 Å². The lowest BCUT2D eigenvalue weighted by molar-refractivity contribution is 0.0146. The third-order valence-electron chi connectivity index (χ3n) is 6.70. The molecule has 33 heavy (non-hydrogen) atoms. The lowest BCUT2D eigenvalue weighted by Crippen LogP contribution is -2.21. The smallest absolute Gasteiger partial charge is 0.120 e. The molecule has 0 amide bonds. The van der Waals surface area contributed by atoms with E-state index in [1.54, 1.807) is 0 Å². The zero-order valence-electron chi connectivity index (χ0n) is 20.9. The Balaban J connectivity index is 1.27. The first-order chi connectivity index (χ1) is 16.2. The number of unbranched alkanes of at least 4 members (excludes halogenated alkanes) is 4. The molecule has 1 saturated carbocycles. The molecule has 2 aromatic carbocycles. The number of ether oxygens (including phenoxy) is 3. The van der Waals surface area contributed by atoms with Gasteiger partial charge in [0.2, 0.25) is 0 Å². The molecular formula is C30H44O3. The van der Waals surface area contributed by atoms with Gasteiger partial charge in [0.1, 0.15) is 18.1 Å². The highest BCUT2D eigenvalue weighted by molar-refractivity contribution is 5.31. The highest BCUT2D eigenvalue weighted by Crippen LogP contribution is 2.25. The minimum absolute atomic E-state index is 0.462. The van der Waals surface area contributed by atoms with E-state index in [-0.39, 0.29) is 0 Å². The number of rotatable bonds is 15. The Labute approximate surface area is 201 Å². The van der Waals surface area contributed by atoms with Crippen LogP contribution in [0.4, 0.5) is 0 Å². The molecule has 0 aromatic heterocycles. The molecule has 0 unspecified atom stereocenters. The van der Waals surface area contributed by atoms with Gasteiger partial charge in [0.25, 0.3) is 0 Å². The van der Waals surface area contributed by atoms with Crippen LogP contribution in [0.15, 0.2) is 48.5 Å². The number of benzene rings is 2. The Morgan fingerprint density at radius 3 is 2.00 bits per heavy atom. The molecule has 3 rings (SSSR count). The lowest BCUT2D eigenvalue weighted by atomic mass is 9.89. The summed E-state index contributed by atoms with van der Waals surface area (Å²) < 4.78 is 17.8. The fourth-order valence-corrected chi connectivity index (χ4v) is 4.43. The van der Waals surface area contributed by atoms with Gasteiger partial charge in [-0.3, -0.25) is 0 Å². The van der Waals surface area contributed by atoms with Crippen LogP contribution < -0.4 is 9.47 Å². The van der Waals surface area contributed by atoms with Crippen molar-refractivity contribution >= 4 is 0 Å². The summed E-state index contributed by atoms with van der Waals surface area (Å²) in [5, 5.41) is 0. The number of hydrogen-bond donors (Lipinski definition) is 0. The Morgan fingerprint density at radius 2 is 1.30 bits per heavy atom. The molecule has 1 aliphatic carbocycles. The van der Waals surface area contributed by atoms with Crippen LogP contribution >= 0.6 is 0 Å². The summed E-state index contributed by atoms with van der Waals surface area (Å²) in [6.45, 7) is 6.67. The average molecular weight is 453 g/mol. The van der Waals surface area contributed by atoms with Gasteiger partial charge >= 0.3 is 0 Å². The summed E-state index contributed by atoms with van der Waals surface area (Å²) in [5.41, 5.74) is 2.63. The SMILES string of the molecule is CCCCCCCc1ccc(COc2ccc(OCCCOC3CCC(C)CC3)cc2)cc1. The molecule has 0 spiro atoms. The van der Waals surface area contributed by atoms with Crippen molar-refractivity contribution in [3.63, 3.8) is 0 Å². The van der Waals surface area contributed by atoms with E-state index in [1.807, 2.05) is 24.3 Å². The third kappa shape index (κ3) is 10.2. The van der Waals surface area contributed by atoms with E-state index in [2.05, 4.69) is 38.1 Å². The molecular weight excluding hydrogens is 408 g/mol. The van der Waals surface area contributed by atoms with Crippen LogP contribution in [0.3, 0.4) is 0 Å². The van der Waals surface area contributed by atoms with Crippen LogP contribution in [0.2, 0.25) is 0 Å². The number of aryl methyl sites for hydroxylation is 1. The summed E-state index contributed by atoms with van der Waals surface area (Å²) in [4.78, 5) is 0. The van der Waals surface area contributed by atoms with E-state index in [1.165, 1.54) is 75.3 Å². The maximum atomic E-state index is 6.00. The van der Waals surface area contributed by atoms with E-state index in [9.17, 15) is 0 Å². The molecule has 0 atom stereocenters. The van der Waals surface area contributed by atoms with Crippen molar-refractivity contribution in [3.8, 4) is 11.5 Å². The molecule has 1 aliphatic rings. The monoisotopic (exact) mass is 452 g/mol. The molecule has 0 bridgehead atoms. The van der Waals surface area contributed by atoms with Crippen molar-refractivity contribution in [1.82, 2.24) is 0 Å². The van der Waals surface area contributed by atoms with Crippen LogP contribution in [-0.4, -0.2) is 19.3 Å². The third-order valence-corrected chi connectivity index (χ3v) is 6.70. The Bertz CT molecular complexity index is 745. The summed E-state index contributed by atoms with van der Waals surface area (Å²) in [7, 11) is 0. The summed E-state index contributed by atoms with van der Waals surface area (Å²) >= 11 is 0. The van der Waals surface area contributed by atoms with Crippen LogP contribution in [0.5, 0.6) is 11.5 Å². The molecule has 2 aromatic rings. The topological polar surface area (TPSA) is 27.7 Å². The molecule has 0 saturated heterocycles. The maximum absolute atomic E-state index is 6.00. The standard InChI is InChI=1S/C30H44O3/c1-3-4-5-6-7-9-26-12-14-27(15-13-26)24-33-30-20-18-29(19-21-30)32-23-8-22-31-28-16-10-25(2)11-17-28/h12-15,18-21,25,28H,3-11,16-17,22-24H2,1-2H3. The average Bonchev–Trinajstić information content (AvgIpc) is 2.85. The van der Waals surface area contributed by atoms with Gasteiger partial charge in [-0.1, -0.05) is 63.8 Å². The van der Waals surface area contributed by atoms with Crippen LogP contribution in [0, 0.1) is 5.92 Å². The Kier molecular flexibility index (Phi) is 11.7. The second-order valence-corrected chi connectivity index (χ2v) is 9.70. The van der Waals surface area contributed by atoms with Gasteiger partial charge in [-0.05, 0) is 79.8 Å². The normalized spacial score (nSPS) is 18.2. The molecule has 3 heteroatoms. The maximum Gasteiger partial charge on any atom is 0.120 e. The van der Waals surface area contributed by atoms with Gasteiger partial charge in [-0.15, -0.1) is 0 Å². The second kappa shape index (κ2) is 15.0. The van der Waals surface area contributed by atoms with Crippen molar-refractivity contribution in [2.24, 2.45) is 5.92 Å². The molecule has 0 N–H and O–H groups in total. The van der Waals surface area contributed by atoms with Gasteiger partial charge < -0.3 is 14.2 Å². The van der Waals surface area contributed by atoms with Gasteiger partial charge in [0.15, 0.2) is 0 Å². The second-order valence-electron chi connectivity index (χ2n) is 9.70. The first-order valence-corrected chi connectivity index (χ1v) is 13.3. The van der Waals surface area contributed by atoms with Crippen molar-refractivity contribution in [2.75, 3.05) is 13.2 Å². The van der Waals surface area contributed by atoms with Crippen LogP contribution in [0.25, 0.3) is 0 Å².